The molecule has 0 unspecified atom stereocenters. The van der Waals surface area contributed by atoms with Gasteiger partial charge >= 0.3 is 6.18 Å². The summed E-state index contributed by atoms with van der Waals surface area (Å²) in [6.07, 6.45) is -4.42. The van der Waals surface area contributed by atoms with Crippen molar-refractivity contribution in [3.63, 3.8) is 0 Å². The highest BCUT2D eigenvalue weighted by molar-refractivity contribution is 5.92. The van der Waals surface area contributed by atoms with Crippen molar-refractivity contribution in [3.05, 3.63) is 59.3 Å². The molecular formula is C23H26F3N3O. The van der Waals surface area contributed by atoms with E-state index in [1.54, 1.807) is 13.2 Å². The quantitative estimate of drug-likeness (QED) is 0.477. The Balaban J connectivity index is 2.00. The lowest BCUT2D eigenvalue weighted by Crippen LogP contribution is -2.15. The Labute approximate surface area is 174 Å². The van der Waals surface area contributed by atoms with Crippen LogP contribution in [-0.2, 0) is 6.18 Å². The van der Waals surface area contributed by atoms with Crippen LogP contribution in [0.3, 0.4) is 0 Å². The number of methoxy groups -OCH3 is 1. The van der Waals surface area contributed by atoms with Gasteiger partial charge in [0.1, 0.15) is 5.75 Å². The lowest BCUT2D eigenvalue weighted by Gasteiger charge is -2.21. The van der Waals surface area contributed by atoms with Gasteiger partial charge in [-0.3, -0.25) is 4.98 Å². The molecule has 0 fully saturated rings. The van der Waals surface area contributed by atoms with Gasteiger partial charge in [-0.2, -0.15) is 13.2 Å². The topological polar surface area (TPSA) is 46.2 Å². The van der Waals surface area contributed by atoms with E-state index in [2.05, 4.69) is 15.6 Å². The molecule has 2 N–H and O–H groups in total. The van der Waals surface area contributed by atoms with Gasteiger partial charge in [0.05, 0.1) is 18.2 Å². The molecule has 1 heterocycles. The summed E-state index contributed by atoms with van der Waals surface area (Å²) in [6.45, 7) is 7.51. The van der Waals surface area contributed by atoms with Crippen LogP contribution in [0, 0.1) is 6.92 Å². The average molecular weight is 417 g/mol. The Morgan fingerprint density at radius 1 is 0.967 bits per heavy atom. The third kappa shape index (κ3) is 4.96. The van der Waals surface area contributed by atoms with Crippen LogP contribution < -0.4 is 15.4 Å². The van der Waals surface area contributed by atoms with E-state index in [9.17, 15) is 13.2 Å². The number of rotatable bonds is 6. The number of aromatic nitrogens is 1. The van der Waals surface area contributed by atoms with Crippen LogP contribution in [0.2, 0.25) is 0 Å². The number of nitrogens with one attached hydrogen (secondary N) is 2. The summed E-state index contributed by atoms with van der Waals surface area (Å²) in [5, 5.41) is 7.31. The number of fused-ring (bicyclic) bond motifs is 1. The summed E-state index contributed by atoms with van der Waals surface area (Å²) >= 11 is 0. The number of hydrogen-bond acceptors (Lipinski definition) is 4. The molecule has 0 aliphatic carbocycles. The second kappa shape index (κ2) is 8.42. The minimum atomic E-state index is -4.42. The zero-order valence-electron chi connectivity index (χ0n) is 17.7. The zero-order valence-corrected chi connectivity index (χ0v) is 17.7. The molecule has 1 aromatic heterocycles. The predicted molar refractivity (Wildman–Crippen MR) is 115 cm³/mol. The molecule has 1 atom stereocenters. The lowest BCUT2D eigenvalue weighted by atomic mass is 10.0. The van der Waals surface area contributed by atoms with Crippen LogP contribution >= 0.6 is 0 Å². The van der Waals surface area contributed by atoms with Gasteiger partial charge in [-0.25, -0.2) is 0 Å². The van der Waals surface area contributed by atoms with Crippen LogP contribution in [0.15, 0.2) is 42.5 Å². The molecule has 7 heteroatoms. The summed E-state index contributed by atoms with van der Waals surface area (Å²) in [5.74, 6) is 0.696. The highest BCUT2D eigenvalue weighted by Gasteiger charge is 2.31. The van der Waals surface area contributed by atoms with Crippen LogP contribution in [-0.4, -0.2) is 18.1 Å². The fraction of sp³-hybridized carbons (Fsp3) is 0.348. The first-order valence-electron chi connectivity index (χ1n) is 9.77. The van der Waals surface area contributed by atoms with E-state index in [0.29, 0.717) is 17.0 Å². The van der Waals surface area contributed by atoms with Gasteiger partial charge in [0.25, 0.3) is 0 Å². The maximum Gasteiger partial charge on any atom is 0.416 e. The average Bonchev–Trinajstić information content (AvgIpc) is 2.65. The van der Waals surface area contributed by atoms with Crippen molar-refractivity contribution in [2.24, 2.45) is 0 Å². The maximum absolute atomic E-state index is 13.4. The minimum Gasteiger partial charge on any atom is -0.497 e. The van der Waals surface area contributed by atoms with E-state index < -0.39 is 11.7 Å². The van der Waals surface area contributed by atoms with Gasteiger partial charge in [0.2, 0.25) is 0 Å². The molecule has 0 saturated carbocycles. The van der Waals surface area contributed by atoms with E-state index in [4.69, 9.17) is 4.74 Å². The number of hydrogen-bond donors (Lipinski definition) is 2. The van der Waals surface area contributed by atoms with Crippen LogP contribution in [0.1, 0.15) is 43.6 Å². The molecule has 0 aliphatic rings. The Morgan fingerprint density at radius 3 is 2.33 bits per heavy atom. The molecule has 0 saturated heterocycles. The third-order valence-electron chi connectivity index (χ3n) is 4.76. The third-order valence-corrected chi connectivity index (χ3v) is 4.76. The first kappa shape index (κ1) is 21.7. The van der Waals surface area contributed by atoms with E-state index in [0.717, 1.165) is 28.4 Å². The number of halogens is 3. The molecule has 3 aromatic rings. The first-order valence-corrected chi connectivity index (χ1v) is 9.77. The predicted octanol–water partition coefficient (Wildman–Crippen LogP) is 6.56. The van der Waals surface area contributed by atoms with E-state index >= 15 is 0 Å². The number of ether oxygens (including phenoxy) is 1. The second-order valence-electron chi connectivity index (χ2n) is 7.70. The van der Waals surface area contributed by atoms with Gasteiger partial charge < -0.3 is 15.4 Å². The fourth-order valence-corrected chi connectivity index (χ4v) is 3.39. The van der Waals surface area contributed by atoms with Crippen molar-refractivity contribution in [2.45, 2.75) is 46.0 Å². The lowest BCUT2D eigenvalue weighted by molar-refractivity contribution is -0.137. The van der Waals surface area contributed by atoms with E-state index in [1.165, 1.54) is 6.07 Å². The number of pyridine rings is 1. The van der Waals surface area contributed by atoms with Gasteiger partial charge in [-0.05, 0) is 69.7 Å². The molecule has 0 amide bonds. The molecule has 4 nitrogen and oxygen atoms in total. The molecule has 0 radical (unpaired) electrons. The number of alkyl halides is 3. The number of anilines is 2. The van der Waals surface area contributed by atoms with Gasteiger partial charge in [-0.1, -0.05) is 0 Å². The smallest absolute Gasteiger partial charge is 0.416 e. The van der Waals surface area contributed by atoms with Crippen LogP contribution in [0.25, 0.3) is 10.9 Å². The Morgan fingerprint density at radius 2 is 1.70 bits per heavy atom. The normalized spacial score (nSPS) is 12.8. The first-order chi connectivity index (χ1) is 14.1. The van der Waals surface area contributed by atoms with E-state index in [1.807, 2.05) is 52.0 Å². The summed E-state index contributed by atoms with van der Waals surface area (Å²) in [6, 6.07) is 11.2. The molecule has 3 rings (SSSR count). The molecule has 0 aliphatic heterocycles. The van der Waals surface area contributed by atoms with E-state index in [-0.39, 0.29) is 12.1 Å². The van der Waals surface area contributed by atoms with Crippen LogP contribution in [0.5, 0.6) is 5.75 Å². The Hall–Kier alpha value is -2.96. The van der Waals surface area contributed by atoms with Crippen molar-refractivity contribution in [1.29, 1.82) is 0 Å². The molecular weight excluding hydrogens is 391 g/mol. The summed E-state index contributed by atoms with van der Waals surface area (Å²) in [5.41, 5.74) is 2.70. The van der Waals surface area contributed by atoms with Crippen LogP contribution in [0.4, 0.5) is 24.5 Å². The second-order valence-corrected chi connectivity index (χ2v) is 7.70. The summed E-state index contributed by atoms with van der Waals surface area (Å²) < 4.78 is 45.6. The molecule has 0 spiro atoms. The minimum absolute atomic E-state index is 0.0198. The highest BCUT2D eigenvalue weighted by Crippen LogP contribution is 2.35. The SMILES string of the molecule is COc1ccc2c(N[C@H](C)c3cc(NC(C)C)cc(C(F)(F)F)c3)cc(C)nc2c1. The highest BCUT2D eigenvalue weighted by atomic mass is 19.4. The number of benzene rings is 2. The van der Waals surface area contributed by atoms with Gasteiger partial charge in [-0.15, -0.1) is 0 Å². The number of nitrogens with zero attached hydrogens (tertiary/aromatic N) is 1. The van der Waals surface area contributed by atoms with Crippen molar-refractivity contribution in [2.75, 3.05) is 17.7 Å². The van der Waals surface area contributed by atoms with Gasteiger partial charge in [0, 0.05) is 40.6 Å². The molecule has 30 heavy (non-hydrogen) atoms. The van der Waals surface area contributed by atoms with Crippen molar-refractivity contribution in [1.82, 2.24) is 4.98 Å². The molecule has 0 bridgehead atoms. The summed E-state index contributed by atoms with van der Waals surface area (Å²) in [7, 11) is 1.59. The Kier molecular flexibility index (Phi) is 6.10. The van der Waals surface area contributed by atoms with Crippen molar-refractivity contribution >= 4 is 22.3 Å². The number of aryl methyl sites for hydroxylation is 1. The molecule has 2 aromatic carbocycles. The monoisotopic (exact) mass is 417 g/mol. The van der Waals surface area contributed by atoms with Crippen molar-refractivity contribution < 1.29 is 17.9 Å². The molecule has 160 valence electrons. The van der Waals surface area contributed by atoms with Crippen molar-refractivity contribution in [3.8, 4) is 5.75 Å². The largest absolute Gasteiger partial charge is 0.497 e. The Bertz CT molecular complexity index is 1050. The standard InChI is InChI=1S/C23H26F3N3O/c1-13(2)27-18-10-16(9-17(11-18)23(24,25)26)15(4)29-21-8-14(3)28-22-12-19(30-5)6-7-20(21)22/h6-13,15,27H,1-5H3,(H,28,29)/t15-/m1/s1. The fourth-order valence-electron chi connectivity index (χ4n) is 3.39. The van der Waals surface area contributed by atoms with Gasteiger partial charge in [0.15, 0.2) is 0 Å². The zero-order chi connectivity index (χ0) is 22.1. The summed E-state index contributed by atoms with van der Waals surface area (Å²) in [4.78, 5) is 4.54. The maximum atomic E-state index is 13.4.